The van der Waals surface area contributed by atoms with Gasteiger partial charge in [0.05, 0.1) is 0 Å². The third-order valence-corrected chi connectivity index (χ3v) is 4.83. The van der Waals surface area contributed by atoms with Crippen molar-refractivity contribution in [3.8, 4) is 0 Å². The molecular weight excluding hydrogens is 238 g/mol. The Morgan fingerprint density at radius 2 is 1.88 bits per heavy atom. The topological polar surface area (TPSA) is 52.7 Å². The van der Waals surface area contributed by atoms with E-state index in [2.05, 4.69) is 16.5 Å². The molecule has 0 radical (unpaired) electrons. The molecule has 1 N–H and O–H groups in total. The van der Waals surface area contributed by atoms with Gasteiger partial charge in [0.1, 0.15) is 0 Å². The van der Waals surface area contributed by atoms with Gasteiger partial charge in [-0.2, -0.15) is 12.7 Å². The average Bonchev–Trinajstić information content (AvgIpc) is 2.77. The molecule has 0 spiro atoms. The summed E-state index contributed by atoms with van der Waals surface area (Å²) in [5.41, 5.74) is 0. The first-order valence-corrected chi connectivity index (χ1v) is 7.82. The first-order valence-electron chi connectivity index (χ1n) is 6.38. The van der Waals surface area contributed by atoms with E-state index in [4.69, 9.17) is 0 Å². The van der Waals surface area contributed by atoms with Crippen LogP contribution in [0.15, 0.2) is 0 Å². The van der Waals surface area contributed by atoms with Crippen molar-refractivity contribution in [2.45, 2.75) is 38.6 Å². The van der Waals surface area contributed by atoms with Crippen LogP contribution in [0.4, 0.5) is 0 Å². The van der Waals surface area contributed by atoms with E-state index < -0.39 is 10.2 Å². The Hall–Kier alpha value is -0.170. The molecule has 1 unspecified atom stereocenters. The van der Waals surface area contributed by atoms with Crippen LogP contribution < -0.4 is 4.72 Å². The zero-order chi connectivity index (χ0) is 12.9. The summed E-state index contributed by atoms with van der Waals surface area (Å²) in [4.78, 5) is 2.08. The van der Waals surface area contributed by atoms with Gasteiger partial charge in [-0.3, -0.25) is 0 Å². The summed E-state index contributed by atoms with van der Waals surface area (Å²) in [6.07, 6.45) is 4.03. The summed E-state index contributed by atoms with van der Waals surface area (Å²) in [5.74, 6) is 0. The molecule has 1 aliphatic rings. The summed E-state index contributed by atoms with van der Waals surface area (Å²) in [5, 5.41) is 0. The highest BCUT2D eigenvalue weighted by Gasteiger charge is 2.25. The molecule has 1 rings (SSSR count). The maximum atomic E-state index is 12.0. The van der Waals surface area contributed by atoms with Gasteiger partial charge in [-0.25, -0.2) is 4.72 Å². The molecule has 5 nitrogen and oxygen atoms in total. The number of nitrogens with zero attached hydrogens (tertiary/aromatic N) is 2. The van der Waals surface area contributed by atoms with Crippen LogP contribution in [0.1, 0.15) is 32.6 Å². The quantitative estimate of drug-likeness (QED) is 0.733. The minimum absolute atomic E-state index is 0.275. The lowest BCUT2D eigenvalue weighted by molar-refractivity contribution is 0.275. The van der Waals surface area contributed by atoms with Crippen molar-refractivity contribution in [2.75, 3.05) is 33.7 Å². The zero-order valence-electron chi connectivity index (χ0n) is 11.1. The molecule has 1 aliphatic heterocycles. The van der Waals surface area contributed by atoms with Crippen LogP contribution in [0.5, 0.6) is 0 Å². The second-order valence-corrected chi connectivity index (χ2v) is 6.62. The lowest BCUT2D eigenvalue weighted by atomic mass is 10.1. The lowest BCUT2D eigenvalue weighted by Crippen LogP contribution is -2.45. The highest BCUT2D eigenvalue weighted by atomic mass is 32.2. The highest BCUT2D eigenvalue weighted by molar-refractivity contribution is 7.87. The van der Waals surface area contributed by atoms with E-state index in [1.54, 1.807) is 4.31 Å². The molecule has 1 fully saturated rings. The van der Waals surface area contributed by atoms with Gasteiger partial charge >= 0.3 is 0 Å². The molecule has 0 aromatic rings. The summed E-state index contributed by atoms with van der Waals surface area (Å²) in [7, 11) is 0.731. The van der Waals surface area contributed by atoms with Crippen molar-refractivity contribution in [3.63, 3.8) is 0 Å². The van der Waals surface area contributed by atoms with E-state index in [9.17, 15) is 8.42 Å². The normalized spacial score (nSPS) is 20.0. The van der Waals surface area contributed by atoms with E-state index >= 15 is 0 Å². The fraction of sp³-hybridized carbons (Fsp3) is 1.00. The minimum atomic E-state index is -3.25. The Bertz CT molecular complexity index is 311. The largest absolute Gasteiger partial charge is 0.305 e. The van der Waals surface area contributed by atoms with Gasteiger partial charge in [0.15, 0.2) is 0 Å². The highest BCUT2D eigenvalue weighted by Crippen LogP contribution is 2.11. The standard InChI is InChI=1S/C11H25N3O2S/c1-4-7-11(13(2)3)10-12-17(15,16)14-8-5-6-9-14/h11-12H,4-10H2,1-3H3. The number of hydrogen-bond acceptors (Lipinski definition) is 3. The van der Waals surface area contributed by atoms with E-state index in [0.29, 0.717) is 19.6 Å². The monoisotopic (exact) mass is 263 g/mol. The third kappa shape index (κ3) is 4.54. The maximum absolute atomic E-state index is 12.0. The summed E-state index contributed by atoms with van der Waals surface area (Å²) in [6.45, 7) is 3.94. The average molecular weight is 263 g/mol. The summed E-state index contributed by atoms with van der Waals surface area (Å²) >= 11 is 0. The Balaban J connectivity index is 2.46. The summed E-state index contributed by atoms with van der Waals surface area (Å²) < 4.78 is 28.2. The van der Waals surface area contributed by atoms with Crippen LogP contribution in [0, 0.1) is 0 Å². The number of hydrogen-bond donors (Lipinski definition) is 1. The molecule has 102 valence electrons. The van der Waals surface area contributed by atoms with Crippen LogP contribution in [0.3, 0.4) is 0 Å². The zero-order valence-corrected chi connectivity index (χ0v) is 12.0. The van der Waals surface area contributed by atoms with Gasteiger partial charge in [0.25, 0.3) is 10.2 Å². The van der Waals surface area contributed by atoms with Crippen LogP contribution in [-0.4, -0.2) is 57.4 Å². The van der Waals surface area contributed by atoms with Crippen LogP contribution in [-0.2, 0) is 10.2 Å². The molecule has 0 aliphatic carbocycles. The van der Waals surface area contributed by atoms with Gasteiger partial charge < -0.3 is 4.90 Å². The van der Waals surface area contributed by atoms with Gasteiger partial charge in [0.2, 0.25) is 0 Å². The van der Waals surface area contributed by atoms with Crippen LogP contribution in [0.2, 0.25) is 0 Å². The number of likely N-dealkylation sites (N-methyl/N-ethyl adjacent to an activating group) is 1. The molecule has 0 amide bonds. The maximum Gasteiger partial charge on any atom is 0.279 e. The molecule has 1 heterocycles. The minimum Gasteiger partial charge on any atom is -0.305 e. The number of rotatable bonds is 7. The third-order valence-electron chi connectivity index (χ3n) is 3.26. The smallest absolute Gasteiger partial charge is 0.279 e. The van der Waals surface area contributed by atoms with E-state index in [-0.39, 0.29) is 6.04 Å². The first kappa shape index (κ1) is 14.9. The van der Waals surface area contributed by atoms with E-state index in [1.807, 2.05) is 14.1 Å². The molecular formula is C11H25N3O2S. The Kier molecular flexibility index (Phi) is 5.85. The fourth-order valence-electron chi connectivity index (χ4n) is 2.10. The van der Waals surface area contributed by atoms with E-state index in [1.165, 1.54) is 0 Å². The number of nitrogens with one attached hydrogen (secondary N) is 1. The molecule has 1 saturated heterocycles. The van der Waals surface area contributed by atoms with Crippen molar-refractivity contribution in [3.05, 3.63) is 0 Å². The predicted octanol–water partition coefficient (Wildman–Crippen LogP) is 0.647. The molecule has 0 aromatic carbocycles. The van der Waals surface area contributed by atoms with Crippen molar-refractivity contribution in [1.82, 2.24) is 13.9 Å². The molecule has 1 atom stereocenters. The second kappa shape index (κ2) is 6.68. The molecule has 6 heteroatoms. The molecule has 17 heavy (non-hydrogen) atoms. The first-order chi connectivity index (χ1) is 7.97. The van der Waals surface area contributed by atoms with Gasteiger partial charge in [-0.15, -0.1) is 0 Å². The molecule has 0 bridgehead atoms. The van der Waals surface area contributed by atoms with Gasteiger partial charge in [0, 0.05) is 25.7 Å². The van der Waals surface area contributed by atoms with Crippen molar-refractivity contribution < 1.29 is 8.42 Å². The lowest BCUT2D eigenvalue weighted by Gasteiger charge is -2.25. The van der Waals surface area contributed by atoms with Crippen LogP contribution >= 0.6 is 0 Å². The van der Waals surface area contributed by atoms with Gasteiger partial charge in [-0.05, 0) is 33.4 Å². The SMILES string of the molecule is CCCC(CNS(=O)(=O)N1CCCC1)N(C)C. The Morgan fingerprint density at radius 3 is 2.35 bits per heavy atom. The van der Waals surface area contributed by atoms with Gasteiger partial charge in [-0.1, -0.05) is 13.3 Å². The van der Waals surface area contributed by atoms with Crippen molar-refractivity contribution in [1.29, 1.82) is 0 Å². The second-order valence-electron chi connectivity index (χ2n) is 4.87. The predicted molar refractivity (Wildman–Crippen MR) is 70.1 cm³/mol. The molecule has 0 aromatic heterocycles. The van der Waals surface area contributed by atoms with Crippen molar-refractivity contribution in [2.24, 2.45) is 0 Å². The Morgan fingerprint density at radius 1 is 1.29 bits per heavy atom. The van der Waals surface area contributed by atoms with E-state index in [0.717, 1.165) is 25.7 Å². The van der Waals surface area contributed by atoms with Crippen molar-refractivity contribution >= 4 is 10.2 Å². The summed E-state index contributed by atoms with van der Waals surface area (Å²) in [6, 6.07) is 0.275. The van der Waals surface area contributed by atoms with Crippen LogP contribution in [0.25, 0.3) is 0 Å². The fourth-order valence-corrected chi connectivity index (χ4v) is 3.42. The molecule has 0 saturated carbocycles. The Labute approximate surface area is 105 Å².